The van der Waals surface area contributed by atoms with E-state index >= 15 is 0 Å². The highest BCUT2D eigenvalue weighted by molar-refractivity contribution is 6.30. The van der Waals surface area contributed by atoms with Crippen LogP contribution in [0.15, 0.2) is 22.9 Å². The van der Waals surface area contributed by atoms with E-state index in [-0.39, 0.29) is 0 Å². The Bertz CT molecular complexity index is 477. The highest BCUT2D eigenvalue weighted by Gasteiger charge is 2.10. The van der Waals surface area contributed by atoms with Crippen molar-refractivity contribution in [2.45, 2.75) is 20.5 Å². The first-order valence-corrected chi connectivity index (χ1v) is 5.21. The summed E-state index contributed by atoms with van der Waals surface area (Å²) in [5, 5.41) is 4.20. The van der Waals surface area contributed by atoms with Gasteiger partial charge in [-0.3, -0.25) is 0 Å². The van der Waals surface area contributed by atoms with E-state index in [9.17, 15) is 0 Å². The van der Waals surface area contributed by atoms with Crippen LogP contribution >= 0.6 is 11.6 Å². The van der Waals surface area contributed by atoms with Gasteiger partial charge in [-0.25, -0.2) is 4.98 Å². The molecular weight excluding hydrogens is 228 g/mol. The minimum absolute atomic E-state index is 0.356. The second-order valence-electron chi connectivity index (χ2n) is 3.38. The van der Waals surface area contributed by atoms with Crippen LogP contribution in [0.1, 0.15) is 17.0 Å². The van der Waals surface area contributed by atoms with Crippen LogP contribution in [0.3, 0.4) is 0 Å². The number of nitrogens with zero attached hydrogens (tertiary/aromatic N) is 2. The number of pyridine rings is 1. The topological polar surface area (TPSA) is 48.2 Å². The summed E-state index contributed by atoms with van der Waals surface area (Å²) in [4.78, 5) is 3.93. The standard InChI is InChI=1S/C11H11ClN2O2/c1-7-9(8(2)16-14-7)6-15-10-4-3-5-13-11(10)12/h3-5H,6H2,1-2H3. The van der Waals surface area contributed by atoms with Crippen LogP contribution in [0.2, 0.25) is 5.15 Å². The van der Waals surface area contributed by atoms with Gasteiger partial charge in [-0.15, -0.1) is 0 Å². The van der Waals surface area contributed by atoms with Crippen molar-refractivity contribution in [3.05, 3.63) is 40.5 Å². The quantitative estimate of drug-likeness (QED) is 0.772. The molecule has 0 amide bonds. The summed E-state index contributed by atoms with van der Waals surface area (Å²) in [7, 11) is 0. The lowest BCUT2D eigenvalue weighted by Gasteiger charge is -2.06. The Hall–Kier alpha value is -1.55. The molecule has 0 atom stereocenters. The second-order valence-corrected chi connectivity index (χ2v) is 3.74. The zero-order valence-electron chi connectivity index (χ0n) is 9.03. The average molecular weight is 239 g/mol. The van der Waals surface area contributed by atoms with E-state index in [1.54, 1.807) is 18.3 Å². The molecule has 0 spiro atoms. The van der Waals surface area contributed by atoms with E-state index in [4.69, 9.17) is 20.9 Å². The molecule has 16 heavy (non-hydrogen) atoms. The summed E-state index contributed by atoms with van der Waals surface area (Å²) in [6, 6.07) is 3.54. The van der Waals surface area contributed by atoms with Gasteiger partial charge in [0.05, 0.1) is 11.3 Å². The van der Waals surface area contributed by atoms with E-state index in [0.717, 1.165) is 17.0 Å². The lowest BCUT2D eigenvalue weighted by Crippen LogP contribution is -1.98. The van der Waals surface area contributed by atoms with Gasteiger partial charge in [0.1, 0.15) is 12.4 Å². The molecule has 2 aromatic rings. The Morgan fingerprint density at radius 1 is 1.44 bits per heavy atom. The van der Waals surface area contributed by atoms with Gasteiger partial charge >= 0.3 is 0 Å². The molecule has 0 N–H and O–H groups in total. The summed E-state index contributed by atoms with van der Waals surface area (Å²) in [6.45, 7) is 4.11. The fourth-order valence-corrected chi connectivity index (χ4v) is 1.51. The summed E-state index contributed by atoms with van der Waals surface area (Å²) >= 11 is 5.87. The molecule has 0 unspecified atom stereocenters. The van der Waals surface area contributed by atoms with Gasteiger partial charge in [0.2, 0.25) is 0 Å². The highest BCUT2D eigenvalue weighted by Crippen LogP contribution is 2.22. The molecule has 2 aromatic heterocycles. The van der Waals surface area contributed by atoms with Crippen molar-refractivity contribution in [2.24, 2.45) is 0 Å². The third-order valence-electron chi connectivity index (χ3n) is 2.28. The Kier molecular flexibility index (Phi) is 3.10. The highest BCUT2D eigenvalue weighted by atomic mass is 35.5. The van der Waals surface area contributed by atoms with Crippen molar-refractivity contribution >= 4 is 11.6 Å². The van der Waals surface area contributed by atoms with Gasteiger partial charge in [0, 0.05) is 6.20 Å². The summed E-state index contributed by atoms with van der Waals surface area (Å²) in [5.41, 5.74) is 1.78. The van der Waals surface area contributed by atoms with Crippen LogP contribution < -0.4 is 4.74 Å². The largest absolute Gasteiger partial charge is 0.485 e. The van der Waals surface area contributed by atoms with E-state index in [1.165, 1.54) is 0 Å². The number of hydrogen-bond donors (Lipinski definition) is 0. The monoisotopic (exact) mass is 238 g/mol. The summed E-state index contributed by atoms with van der Waals surface area (Å²) in [5.74, 6) is 1.32. The Labute approximate surface area is 98.2 Å². The van der Waals surface area contributed by atoms with Crippen molar-refractivity contribution in [3.63, 3.8) is 0 Å². The average Bonchev–Trinajstić information content (AvgIpc) is 2.58. The van der Waals surface area contributed by atoms with E-state index in [1.807, 2.05) is 13.8 Å². The van der Waals surface area contributed by atoms with Crippen molar-refractivity contribution in [2.75, 3.05) is 0 Å². The normalized spacial score (nSPS) is 10.4. The maximum Gasteiger partial charge on any atom is 0.171 e. The molecule has 0 aromatic carbocycles. The minimum Gasteiger partial charge on any atom is -0.485 e. The SMILES string of the molecule is Cc1noc(C)c1COc1cccnc1Cl. The second kappa shape index (κ2) is 4.53. The first-order valence-electron chi connectivity index (χ1n) is 4.83. The fraction of sp³-hybridized carbons (Fsp3) is 0.273. The molecule has 0 fully saturated rings. The van der Waals surface area contributed by atoms with E-state index in [2.05, 4.69) is 10.1 Å². The third kappa shape index (κ3) is 2.17. The van der Waals surface area contributed by atoms with Gasteiger partial charge in [-0.1, -0.05) is 16.8 Å². The molecule has 0 bridgehead atoms. The minimum atomic E-state index is 0.356. The summed E-state index contributed by atoms with van der Waals surface area (Å²) in [6.07, 6.45) is 1.62. The van der Waals surface area contributed by atoms with Gasteiger partial charge in [-0.2, -0.15) is 0 Å². The first-order chi connectivity index (χ1) is 7.68. The maximum absolute atomic E-state index is 5.87. The molecule has 0 aliphatic heterocycles. The van der Waals surface area contributed by atoms with E-state index < -0.39 is 0 Å². The molecule has 2 heterocycles. The van der Waals surface area contributed by atoms with Crippen LogP contribution in [-0.2, 0) is 6.61 Å². The Morgan fingerprint density at radius 2 is 2.25 bits per heavy atom. The number of rotatable bonds is 3. The van der Waals surface area contributed by atoms with E-state index in [0.29, 0.717) is 17.5 Å². The number of halogens is 1. The lowest BCUT2D eigenvalue weighted by atomic mass is 10.2. The van der Waals surface area contributed by atoms with Gasteiger partial charge in [-0.05, 0) is 26.0 Å². The maximum atomic E-state index is 5.87. The number of aryl methyl sites for hydroxylation is 2. The van der Waals surface area contributed by atoms with Crippen LogP contribution in [-0.4, -0.2) is 10.1 Å². The van der Waals surface area contributed by atoms with Crippen molar-refractivity contribution in [1.82, 2.24) is 10.1 Å². The molecule has 84 valence electrons. The zero-order chi connectivity index (χ0) is 11.5. The Balaban J connectivity index is 2.11. The van der Waals surface area contributed by atoms with Gasteiger partial charge in [0.15, 0.2) is 10.9 Å². The van der Waals surface area contributed by atoms with Crippen molar-refractivity contribution in [3.8, 4) is 5.75 Å². The number of ether oxygens (including phenoxy) is 1. The molecule has 4 nitrogen and oxygen atoms in total. The lowest BCUT2D eigenvalue weighted by molar-refractivity contribution is 0.301. The molecule has 0 aliphatic carbocycles. The van der Waals surface area contributed by atoms with Crippen molar-refractivity contribution < 1.29 is 9.26 Å². The molecule has 5 heteroatoms. The zero-order valence-corrected chi connectivity index (χ0v) is 9.78. The van der Waals surface area contributed by atoms with Crippen LogP contribution in [0.5, 0.6) is 5.75 Å². The predicted octanol–water partition coefficient (Wildman–Crippen LogP) is 2.92. The molecule has 0 saturated carbocycles. The van der Waals surface area contributed by atoms with Gasteiger partial charge in [0.25, 0.3) is 0 Å². The molecular formula is C11H11ClN2O2. The van der Waals surface area contributed by atoms with Crippen LogP contribution in [0, 0.1) is 13.8 Å². The Morgan fingerprint density at radius 3 is 2.88 bits per heavy atom. The first kappa shape index (κ1) is 11.0. The van der Waals surface area contributed by atoms with Crippen molar-refractivity contribution in [1.29, 1.82) is 0 Å². The third-order valence-corrected chi connectivity index (χ3v) is 2.56. The molecule has 0 radical (unpaired) electrons. The fourth-order valence-electron chi connectivity index (χ4n) is 1.34. The number of aromatic nitrogens is 2. The molecule has 0 aliphatic rings. The summed E-state index contributed by atoms with van der Waals surface area (Å²) < 4.78 is 10.6. The van der Waals surface area contributed by atoms with Crippen LogP contribution in [0.4, 0.5) is 0 Å². The smallest absolute Gasteiger partial charge is 0.171 e. The number of hydrogen-bond acceptors (Lipinski definition) is 4. The van der Waals surface area contributed by atoms with Gasteiger partial charge < -0.3 is 9.26 Å². The predicted molar refractivity (Wildman–Crippen MR) is 59.6 cm³/mol. The van der Waals surface area contributed by atoms with Crippen LogP contribution in [0.25, 0.3) is 0 Å². The molecule has 0 saturated heterocycles. The molecule has 2 rings (SSSR count).